The van der Waals surface area contributed by atoms with E-state index in [0.29, 0.717) is 6.54 Å². The predicted octanol–water partition coefficient (Wildman–Crippen LogP) is 2.28. The van der Waals surface area contributed by atoms with Gasteiger partial charge < -0.3 is 14.8 Å². The number of aryl methyl sites for hydroxylation is 1. The largest absolute Gasteiger partial charge is 0.507 e. The van der Waals surface area contributed by atoms with Crippen molar-refractivity contribution in [2.45, 2.75) is 13.5 Å². The van der Waals surface area contributed by atoms with Gasteiger partial charge in [0.25, 0.3) is 5.91 Å². The van der Waals surface area contributed by atoms with E-state index in [2.05, 4.69) is 10.3 Å². The van der Waals surface area contributed by atoms with Gasteiger partial charge in [0.1, 0.15) is 11.4 Å². The number of phenolic OH excluding ortho intramolecular Hbond substituents is 1. The van der Waals surface area contributed by atoms with Crippen molar-refractivity contribution in [3.63, 3.8) is 0 Å². The number of phenols is 1. The van der Waals surface area contributed by atoms with Crippen LogP contribution < -0.4 is 5.32 Å². The van der Waals surface area contributed by atoms with Crippen molar-refractivity contribution in [1.82, 2.24) is 14.7 Å². The number of pyridine rings is 1. The first-order chi connectivity index (χ1) is 10.1. The van der Waals surface area contributed by atoms with Gasteiger partial charge in [0.2, 0.25) is 0 Å². The fourth-order valence-electron chi connectivity index (χ4n) is 2.17. The molecule has 2 aromatic heterocycles. The Bertz CT molecular complexity index is 775. The van der Waals surface area contributed by atoms with Crippen molar-refractivity contribution < 1.29 is 9.90 Å². The minimum absolute atomic E-state index is 0.0203. The summed E-state index contributed by atoms with van der Waals surface area (Å²) in [6.07, 6.45) is 3.77. The average molecular weight is 281 g/mol. The van der Waals surface area contributed by atoms with Crippen LogP contribution in [0.4, 0.5) is 0 Å². The second-order valence-electron chi connectivity index (χ2n) is 4.90. The van der Waals surface area contributed by atoms with Gasteiger partial charge in [-0.25, -0.2) is 4.98 Å². The van der Waals surface area contributed by atoms with Crippen LogP contribution in [0.15, 0.2) is 48.8 Å². The summed E-state index contributed by atoms with van der Waals surface area (Å²) in [5.41, 5.74) is 2.80. The van der Waals surface area contributed by atoms with E-state index in [1.165, 1.54) is 6.07 Å². The lowest BCUT2D eigenvalue weighted by molar-refractivity contribution is 0.0947. The van der Waals surface area contributed by atoms with Gasteiger partial charge in [0, 0.05) is 12.4 Å². The summed E-state index contributed by atoms with van der Waals surface area (Å²) < 4.78 is 1.89. The van der Waals surface area contributed by atoms with Crippen molar-refractivity contribution in [1.29, 1.82) is 0 Å². The number of carbonyl (C=O) groups is 1. The normalized spacial score (nSPS) is 10.7. The lowest BCUT2D eigenvalue weighted by Crippen LogP contribution is -2.23. The second-order valence-corrected chi connectivity index (χ2v) is 4.90. The van der Waals surface area contributed by atoms with Crippen LogP contribution in [0.2, 0.25) is 0 Å². The molecule has 1 aromatic carbocycles. The zero-order chi connectivity index (χ0) is 14.8. The molecule has 0 saturated carbocycles. The summed E-state index contributed by atoms with van der Waals surface area (Å²) in [7, 11) is 0. The maximum atomic E-state index is 12.1. The molecule has 21 heavy (non-hydrogen) atoms. The molecule has 3 rings (SSSR count). The van der Waals surface area contributed by atoms with Crippen LogP contribution >= 0.6 is 0 Å². The molecular formula is C16H15N3O2. The Kier molecular flexibility index (Phi) is 3.31. The third-order valence-electron chi connectivity index (χ3n) is 3.24. The Morgan fingerprint density at radius 1 is 1.33 bits per heavy atom. The maximum Gasteiger partial charge on any atom is 0.255 e. The first-order valence-electron chi connectivity index (χ1n) is 6.64. The van der Waals surface area contributed by atoms with Gasteiger partial charge in [-0.3, -0.25) is 4.79 Å². The molecule has 0 saturated heterocycles. The van der Waals surface area contributed by atoms with E-state index in [-0.39, 0.29) is 17.2 Å². The second kappa shape index (κ2) is 5.28. The van der Waals surface area contributed by atoms with Gasteiger partial charge in [-0.1, -0.05) is 17.7 Å². The predicted molar refractivity (Wildman–Crippen MR) is 79.2 cm³/mol. The minimum Gasteiger partial charge on any atom is -0.507 e. The van der Waals surface area contributed by atoms with Crippen LogP contribution in [0.1, 0.15) is 21.6 Å². The molecule has 5 nitrogen and oxygen atoms in total. The summed E-state index contributed by atoms with van der Waals surface area (Å²) in [5, 5.41) is 12.5. The summed E-state index contributed by atoms with van der Waals surface area (Å²) in [5.74, 6) is -0.332. The van der Waals surface area contributed by atoms with Crippen LogP contribution in [0.25, 0.3) is 5.65 Å². The monoisotopic (exact) mass is 281 g/mol. The van der Waals surface area contributed by atoms with Crippen LogP contribution in [-0.4, -0.2) is 20.4 Å². The molecule has 0 bridgehead atoms. The number of hydrogen-bond acceptors (Lipinski definition) is 3. The van der Waals surface area contributed by atoms with E-state index in [1.54, 1.807) is 12.1 Å². The Balaban J connectivity index is 1.74. The van der Waals surface area contributed by atoms with Crippen molar-refractivity contribution in [2.75, 3.05) is 0 Å². The molecule has 2 N–H and O–H groups in total. The molecule has 2 heterocycles. The number of nitrogens with zero attached hydrogens (tertiary/aromatic N) is 2. The minimum atomic E-state index is -0.312. The molecule has 5 heteroatoms. The Hall–Kier alpha value is -2.82. The van der Waals surface area contributed by atoms with Gasteiger partial charge in [-0.15, -0.1) is 0 Å². The number of imidazole rings is 1. The topological polar surface area (TPSA) is 66.6 Å². The van der Waals surface area contributed by atoms with Gasteiger partial charge in [0.15, 0.2) is 0 Å². The molecule has 0 radical (unpaired) electrons. The van der Waals surface area contributed by atoms with Crippen LogP contribution in [-0.2, 0) is 6.54 Å². The molecule has 0 atom stereocenters. The van der Waals surface area contributed by atoms with Crippen molar-refractivity contribution in [2.24, 2.45) is 0 Å². The number of hydrogen-bond donors (Lipinski definition) is 2. The molecule has 3 aromatic rings. The number of aromatic hydroxyl groups is 1. The maximum absolute atomic E-state index is 12.1. The molecule has 0 unspecified atom stereocenters. The Labute approximate surface area is 121 Å². The standard InChI is InChI=1S/C16H15N3O2/c1-11-5-6-14(20)13(8-11)16(21)17-9-12-10-19-7-3-2-4-15(19)18-12/h2-8,10,20H,9H2,1H3,(H,17,21). The highest BCUT2D eigenvalue weighted by atomic mass is 16.3. The summed E-state index contributed by atoms with van der Waals surface area (Å²) in [6, 6.07) is 10.7. The van der Waals surface area contributed by atoms with E-state index >= 15 is 0 Å². The molecule has 1 amide bonds. The number of benzene rings is 1. The van der Waals surface area contributed by atoms with Gasteiger partial charge >= 0.3 is 0 Å². The number of carbonyl (C=O) groups excluding carboxylic acids is 1. The molecule has 0 fully saturated rings. The lowest BCUT2D eigenvalue weighted by atomic mass is 10.1. The summed E-state index contributed by atoms with van der Waals surface area (Å²) in [4.78, 5) is 16.5. The van der Waals surface area contributed by atoms with Gasteiger partial charge in [-0.2, -0.15) is 0 Å². The first-order valence-corrected chi connectivity index (χ1v) is 6.64. The third kappa shape index (κ3) is 2.72. The zero-order valence-electron chi connectivity index (χ0n) is 11.6. The highest BCUT2D eigenvalue weighted by molar-refractivity contribution is 5.96. The zero-order valence-corrected chi connectivity index (χ0v) is 11.6. The number of fused-ring (bicyclic) bond motifs is 1. The fraction of sp³-hybridized carbons (Fsp3) is 0.125. The van der Waals surface area contributed by atoms with E-state index in [1.807, 2.05) is 41.9 Å². The lowest BCUT2D eigenvalue weighted by Gasteiger charge is -2.06. The smallest absolute Gasteiger partial charge is 0.255 e. The summed E-state index contributed by atoms with van der Waals surface area (Å²) >= 11 is 0. The van der Waals surface area contributed by atoms with Crippen molar-refractivity contribution in [3.05, 3.63) is 65.6 Å². The first kappa shape index (κ1) is 13.2. The number of nitrogens with one attached hydrogen (secondary N) is 1. The van der Waals surface area contributed by atoms with E-state index < -0.39 is 0 Å². The van der Waals surface area contributed by atoms with Crippen molar-refractivity contribution >= 4 is 11.6 Å². The van der Waals surface area contributed by atoms with Crippen LogP contribution in [0, 0.1) is 6.92 Å². The summed E-state index contributed by atoms with van der Waals surface area (Å²) in [6.45, 7) is 2.19. The Morgan fingerprint density at radius 3 is 3.00 bits per heavy atom. The van der Waals surface area contributed by atoms with Crippen LogP contribution in [0.3, 0.4) is 0 Å². The molecule has 0 aliphatic heterocycles. The molecule has 0 spiro atoms. The van der Waals surface area contributed by atoms with Gasteiger partial charge in [-0.05, 0) is 31.2 Å². The quantitative estimate of drug-likeness (QED) is 0.774. The molecule has 106 valence electrons. The average Bonchev–Trinajstić information content (AvgIpc) is 2.90. The highest BCUT2D eigenvalue weighted by Crippen LogP contribution is 2.18. The molecule has 0 aliphatic carbocycles. The number of rotatable bonds is 3. The Morgan fingerprint density at radius 2 is 2.19 bits per heavy atom. The third-order valence-corrected chi connectivity index (χ3v) is 3.24. The van der Waals surface area contributed by atoms with E-state index in [0.717, 1.165) is 16.9 Å². The SMILES string of the molecule is Cc1ccc(O)c(C(=O)NCc2cn3ccccc3n2)c1. The van der Waals surface area contributed by atoms with Crippen molar-refractivity contribution in [3.8, 4) is 5.75 Å². The van der Waals surface area contributed by atoms with Crippen LogP contribution in [0.5, 0.6) is 5.75 Å². The van der Waals surface area contributed by atoms with E-state index in [9.17, 15) is 9.90 Å². The number of aromatic nitrogens is 2. The van der Waals surface area contributed by atoms with Gasteiger partial charge in [0.05, 0.1) is 17.8 Å². The molecular weight excluding hydrogens is 266 g/mol. The van der Waals surface area contributed by atoms with E-state index in [4.69, 9.17) is 0 Å². The molecule has 0 aliphatic rings. The highest BCUT2D eigenvalue weighted by Gasteiger charge is 2.11. The number of amides is 1. The fourth-order valence-corrected chi connectivity index (χ4v) is 2.17.